The Labute approximate surface area is 157 Å². The van der Waals surface area contributed by atoms with Crippen molar-refractivity contribution >= 4 is 5.91 Å². The van der Waals surface area contributed by atoms with Gasteiger partial charge >= 0.3 is 0 Å². The number of hydrogen-bond donors (Lipinski definition) is 0. The molecule has 1 aliphatic rings. The Morgan fingerprint density at radius 1 is 1.30 bits per heavy atom. The fourth-order valence-electron chi connectivity index (χ4n) is 2.66. The number of hydrogen-bond acceptors (Lipinski definition) is 9. The molecule has 1 fully saturated rings. The van der Waals surface area contributed by atoms with Crippen molar-refractivity contribution in [2.75, 3.05) is 39.9 Å². The van der Waals surface area contributed by atoms with Gasteiger partial charge in [-0.1, -0.05) is 19.0 Å². The van der Waals surface area contributed by atoms with Gasteiger partial charge in [-0.3, -0.25) is 9.69 Å². The van der Waals surface area contributed by atoms with Crippen molar-refractivity contribution in [3.8, 4) is 0 Å². The van der Waals surface area contributed by atoms with Crippen molar-refractivity contribution in [2.24, 2.45) is 0 Å². The zero-order chi connectivity index (χ0) is 19.2. The van der Waals surface area contributed by atoms with Gasteiger partial charge in [-0.25, -0.2) is 4.68 Å². The lowest BCUT2D eigenvalue weighted by molar-refractivity contribution is -0.130. The fraction of sp³-hybridized carbons (Fsp3) is 0.750. The van der Waals surface area contributed by atoms with E-state index in [1.807, 2.05) is 13.8 Å². The van der Waals surface area contributed by atoms with E-state index in [2.05, 4.69) is 30.6 Å². The summed E-state index contributed by atoms with van der Waals surface area (Å²) in [6.45, 7) is 8.28. The van der Waals surface area contributed by atoms with Gasteiger partial charge in [0.1, 0.15) is 6.54 Å². The molecule has 148 valence electrons. The molecule has 0 spiro atoms. The number of carbonyl (C=O) groups excluding carboxylic acids is 1. The summed E-state index contributed by atoms with van der Waals surface area (Å²) in [5, 5.41) is 15.7. The molecule has 0 bridgehead atoms. The average molecular weight is 378 g/mol. The van der Waals surface area contributed by atoms with Crippen molar-refractivity contribution < 1.29 is 14.1 Å². The smallest absolute Gasteiger partial charge is 0.244 e. The minimum atomic E-state index is -0.0712. The van der Waals surface area contributed by atoms with Crippen LogP contribution in [-0.4, -0.2) is 86.0 Å². The summed E-state index contributed by atoms with van der Waals surface area (Å²) >= 11 is 0. The number of tetrazole rings is 1. The third kappa shape index (κ3) is 5.30. The van der Waals surface area contributed by atoms with E-state index in [1.165, 1.54) is 0 Å². The molecule has 3 rings (SSSR count). The van der Waals surface area contributed by atoms with Crippen LogP contribution < -0.4 is 0 Å². The standard InChI is InChI=1S/C16H26N8O3/c1-12(2)16-17-13(19-27-16)4-5-22(3)15(25)11-24-14(18-20-21-24)10-23-6-8-26-9-7-23/h12H,4-11H2,1-3H3. The highest BCUT2D eigenvalue weighted by Crippen LogP contribution is 2.11. The first kappa shape index (κ1) is 19.4. The molecular formula is C16H26N8O3. The Morgan fingerprint density at radius 2 is 2.07 bits per heavy atom. The molecule has 1 saturated heterocycles. The molecule has 1 amide bonds. The maximum Gasteiger partial charge on any atom is 0.244 e. The highest BCUT2D eigenvalue weighted by Gasteiger charge is 2.18. The number of rotatable bonds is 8. The van der Waals surface area contributed by atoms with Gasteiger partial charge in [-0.15, -0.1) is 5.10 Å². The average Bonchev–Trinajstić information content (AvgIpc) is 3.30. The summed E-state index contributed by atoms with van der Waals surface area (Å²) in [6, 6.07) is 0. The van der Waals surface area contributed by atoms with Crippen LogP contribution >= 0.6 is 0 Å². The molecule has 11 nitrogen and oxygen atoms in total. The van der Waals surface area contributed by atoms with Crippen LogP contribution in [0.25, 0.3) is 0 Å². The SMILES string of the molecule is CC(C)c1nc(CCN(C)C(=O)Cn2nnnc2CN2CCOCC2)no1. The first-order chi connectivity index (χ1) is 13.0. The van der Waals surface area contributed by atoms with Crippen molar-refractivity contribution in [2.45, 2.75) is 39.3 Å². The molecule has 2 aromatic rings. The minimum absolute atomic E-state index is 0.0712. The number of carbonyl (C=O) groups is 1. The summed E-state index contributed by atoms with van der Waals surface area (Å²) in [7, 11) is 1.75. The van der Waals surface area contributed by atoms with Gasteiger partial charge in [0.15, 0.2) is 11.6 Å². The molecule has 1 aliphatic heterocycles. The maximum atomic E-state index is 12.5. The van der Waals surface area contributed by atoms with Crippen LogP contribution in [0.2, 0.25) is 0 Å². The van der Waals surface area contributed by atoms with E-state index in [0.29, 0.717) is 50.3 Å². The monoisotopic (exact) mass is 378 g/mol. The zero-order valence-corrected chi connectivity index (χ0v) is 16.0. The van der Waals surface area contributed by atoms with Gasteiger partial charge in [-0.05, 0) is 10.4 Å². The van der Waals surface area contributed by atoms with E-state index < -0.39 is 0 Å². The summed E-state index contributed by atoms with van der Waals surface area (Å²) in [4.78, 5) is 20.7. The van der Waals surface area contributed by atoms with E-state index in [4.69, 9.17) is 9.26 Å². The quantitative estimate of drug-likeness (QED) is 0.611. The van der Waals surface area contributed by atoms with Gasteiger partial charge in [0.05, 0.1) is 19.8 Å². The van der Waals surface area contributed by atoms with Crippen molar-refractivity contribution in [3.05, 3.63) is 17.5 Å². The van der Waals surface area contributed by atoms with Gasteiger partial charge in [-0.2, -0.15) is 4.98 Å². The lowest BCUT2D eigenvalue weighted by Gasteiger charge is -2.25. The molecule has 0 saturated carbocycles. The second kappa shape index (κ2) is 9.00. The lowest BCUT2D eigenvalue weighted by atomic mass is 10.2. The molecule has 0 atom stereocenters. The molecule has 0 radical (unpaired) electrons. The summed E-state index contributed by atoms with van der Waals surface area (Å²) < 4.78 is 12.1. The molecule has 0 unspecified atom stereocenters. The van der Waals surface area contributed by atoms with Crippen LogP contribution in [0, 0.1) is 0 Å². The van der Waals surface area contributed by atoms with Crippen LogP contribution in [0.4, 0.5) is 0 Å². The van der Waals surface area contributed by atoms with Crippen LogP contribution in [0.3, 0.4) is 0 Å². The molecule has 2 aromatic heterocycles. The number of nitrogens with zero attached hydrogens (tertiary/aromatic N) is 8. The number of likely N-dealkylation sites (N-methyl/N-ethyl adjacent to an activating group) is 1. The Hall–Kier alpha value is -2.40. The Kier molecular flexibility index (Phi) is 6.45. The summed E-state index contributed by atoms with van der Waals surface area (Å²) in [6.07, 6.45) is 0.536. The van der Waals surface area contributed by atoms with Crippen LogP contribution in [-0.2, 0) is 29.0 Å². The first-order valence-corrected chi connectivity index (χ1v) is 9.14. The zero-order valence-electron chi connectivity index (χ0n) is 16.0. The first-order valence-electron chi connectivity index (χ1n) is 9.14. The Bertz CT molecular complexity index is 738. The van der Waals surface area contributed by atoms with Gasteiger partial charge in [0.2, 0.25) is 11.8 Å². The summed E-state index contributed by atoms with van der Waals surface area (Å²) in [5.74, 6) is 2.01. The Morgan fingerprint density at radius 3 is 2.78 bits per heavy atom. The van der Waals surface area contributed by atoms with Crippen LogP contribution in [0.1, 0.15) is 37.3 Å². The van der Waals surface area contributed by atoms with Gasteiger partial charge < -0.3 is 14.2 Å². The number of morpholine rings is 1. The predicted molar refractivity (Wildman–Crippen MR) is 93.6 cm³/mol. The molecule has 0 N–H and O–H groups in total. The third-order valence-corrected chi connectivity index (χ3v) is 4.43. The number of ether oxygens (including phenoxy) is 1. The molecule has 3 heterocycles. The normalized spacial score (nSPS) is 15.4. The fourth-order valence-corrected chi connectivity index (χ4v) is 2.66. The van der Waals surface area contributed by atoms with E-state index >= 15 is 0 Å². The molecular weight excluding hydrogens is 352 g/mol. The molecule has 0 aromatic carbocycles. The van der Waals surface area contributed by atoms with Crippen molar-refractivity contribution in [1.82, 2.24) is 40.1 Å². The third-order valence-electron chi connectivity index (χ3n) is 4.43. The van der Waals surface area contributed by atoms with E-state index in [1.54, 1.807) is 16.6 Å². The van der Waals surface area contributed by atoms with E-state index in [-0.39, 0.29) is 18.4 Å². The Balaban J connectivity index is 1.50. The second-order valence-electron chi connectivity index (χ2n) is 6.91. The van der Waals surface area contributed by atoms with E-state index in [0.717, 1.165) is 13.1 Å². The van der Waals surface area contributed by atoms with Crippen LogP contribution in [0.15, 0.2) is 4.52 Å². The highest BCUT2D eigenvalue weighted by atomic mass is 16.5. The molecule has 11 heteroatoms. The highest BCUT2D eigenvalue weighted by molar-refractivity contribution is 5.75. The molecule has 0 aliphatic carbocycles. The largest absolute Gasteiger partial charge is 0.379 e. The number of amides is 1. The number of aromatic nitrogens is 6. The topological polar surface area (TPSA) is 115 Å². The second-order valence-corrected chi connectivity index (χ2v) is 6.91. The molecule has 27 heavy (non-hydrogen) atoms. The summed E-state index contributed by atoms with van der Waals surface area (Å²) in [5.41, 5.74) is 0. The van der Waals surface area contributed by atoms with E-state index in [9.17, 15) is 4.79 Å². The van der Waals surface area contributed by atoms with Crippen molar-refractivity contribution in [1.29, 1.82) is 0 Å². The van der Waals surface area contributed by atoms with Crippen molar-refractivity contribution in [3.63, 3.8) is 0 Å². The predicted octanol–water partition coefficient (Wildman–Crippen LogP) is -0.287. The minimum Gasteiger partial charge on any atom is -0.379 e. The van der Waals surface area contributed by atoms with Gasteiger partial charge in [0.25, 0.3) is 0 Å². The maximum absolute atomic E-state index is 12.5. The lowest BCUT2D eigenvalue weighted by Crippen LogP contribution is -2.37. The van der Waals surface area contributed by atoms with Gasteiger partial charge in [0, 0.05) is 39.0 Å². The van der Waals surface area contributed by atoms with Crippen LogP contribution in [0.5, 0.6) is 0 Å².